The second kappa shape index (κ2) is 11.0. The molecule has 0 spiro atoms. The monoisotopic (exact) mass is 537 g/mol. The van der Waals surface area contributed by atoms with Gasteiger partial charge in [0, 0.05) is 22.2 Å². The number of methoxy groups -OCH3 is 3. The zero-order chi connectivity index (χ0) is 25.8. The van der Waals surface area contributed by atoms with Crippen LogP contribution in [0.3, 0.4) is 0 Å². The van der Waals surface area contributed by atoms with E-state index < -0.39 is 28.3 Å². The van der Waals surface area contributed by atoms with Gasteiger partial charge in [0.05, 0.1) is 32.0 Å². The van der Waals surface area contributed by atoms with E-state index in [1.54, 1.807) is 12.1 Å². The molecule has 0 amide bonds. The molecular weight excluding hydrogens is 517 g/mol. The molecule has 0 aliphatic heterocycles. The minimum absolute atomic E-state index is 0.00797. The van der Waals surface area contributed by atoms with Crippen LogP contribution in [0.5, 0.6) is 11.5 Å². The van der Waals surface area contributed by atoms with Gasteiger partial charge in [0.2, 0.25) is 0 Å². The standard InChI is InChI=1S/C24H21Cl2NO7S/c1-32-16-9-11-21(33-2)22(13-16)35(30,31)27(14-23(28)34-3)20-10-8-15(25)12-18(20)24(29)17-6-4-5-7-19(17)26/h4-13H,14H2,1-3H3. The van der Waals surface area contributed by atoms with Crippen LogP contribution in [0, 0.1) is 0 Å². The quantitative estimate of drug-likeness (QED) is 0.290. The van der Waals surface area contributed by atoms with Crippen molar-refractivity contribution in [2.45, 2.75) is 4.90 Å². The Morgan fingerprint density at radius 3 is 2.23 bits per heavy atom. The second-order valence-electron chi connectivity index (χ2n) is 7.08. The molecule has 3 aromatic rings. The van der Waals surface area contributed by atoms with Crippen molar-refractivity contribution in [2.75, 3.05) is 32.2 Å². The van der Waals surface area contributed by atoms with Gasteiger partial charge >= 0.3 is 5.97 Å². The Morgan fingerprint density at radius 1 is 0.886 bits per heavy atom. The third-order valence-corrected chi connectivity index (χ3v) is 7.38. The first-order valence-corrected chi connectivity index (χ1v) is 12.2. The van der Waals surface area contributed by atoms with Crippen molar-refractivity contribution in [1.82, 2.24) is 0 Å². The summed E-state index contributed by atoms with van der Waals surface area (Å²) in [5.74, 6) is -1.20. The highest BCUT2D eigenvalue weighted by atomic mass is 35.5. The number of sulfonamides is 1. The van der Waals surface area contributed by atoms with E-state index >= 15 is 0 Å². The Balaban J connectivity index is 2.28. The number of rotatable bonds is 9. The number of carbonyl (C=O) groups is 2. The van der Waals surface area contributed by atoms with Crippen LogP contribution in [-0.4, -0.2) is 48.0 Å². The summed E-state index contributed by atoms with van der Waals surface area (Å²) < 4.78 is 43.7. The van der Waals surface area contributed by atoms with Gasteiger partial charge in [-0.05, 0) is 42.5 Å². The summed E-state index contributed by atoms with van der Waals surface area (Å²) in [6.07, 6.45) is 0. The Hall–Kier alpha value is -3.27. The van der Waals surface area contributed by atoms with Crippen LogP contribution in [0.2, 0.25) is 10.0 Å². The zero-order valence-corrected chi connectivity index (χ0v) is 21.3. The number of anilines is 1. The lowest BCUT2D eigenvalue weighted by atomic mass is 10.0. The third kappa shape index (κ3) is 5.53. The summed E-state index contributed by atoms with van der Waals surface area (Å²) in [7, 11) is -0.690. The molecule has 0 unspecified atom stereocenters. The highest BCUT2D eigenvalue weighted by Gasteiger charge is 2.34. The minimum atomic E-state index is -4.50. The third-order valence-electron chi connectivity index (χ3n) is 5.03. The lowest BCUT2D eigenvalue weighted by Crippen LogP contribution is -2.37. The van der Waals surface area contributed by atoms with Gasteiger partial charge in [0.1, 0.15) is 22.9 Å². The highest BCUT2D eigenvalue weighted by molar-refractivity contribution is 7.93. The molecule has 11 heteroatoms. The molecule has 35 heavy (non-hydrogen) atoms. The summed E-state index contributed by atoms with van der Waals surface area (Å²) in [5.41, 5.74) is -0.0541. The smallest absolute Gasteiger partial charge is 0.326 e. The summed E-state index contributed by atoms with van der Waals surface area (Å²) in [6, 6.07) is 14.5. The Kier molecular flexibility index (Phi) is 8.26. The number of halogens is 2. The summed E-state index contributed by atoms with van der Waals surface area (Å²) in [6.45, 7) is -0.733. The largest absolute Gasteiger partial charge is 0.497 e. The maximum atomic E-state index is 13.9. The van der Waals surface area contributed by atoms with Crippen molar-refractivity contribution in [2.24, 2.45) is 0 Å². The van der Waals surface area contributed by atoms with Crippen molar-refractivity contribution in [3.63, 3.8) is 0 Å². The molecule has 0 aliphatic carbocycles. The number of nitrogens with zero attached hydrogens (tertiary/aromatic N) is 1. The maximum absolute atomic E-state index is 13.9. The van der Waals surface area contributed by atoms with Gasteiger partial charge in [-0.25, -0.2) is 8.42 Å². The predicted molar refractivity (Wildman–Crippen MR) is 132 cm³/mol. The number of ketones is 1. The van der Waals surface area contributed by atoms with Crippen molar-refractivity contribution in [3.05, 3.63) is 81.8 Å². The Labute approximate surface area is 213 Å². The van der Waals surface area contributed by atoms with Crippen LogP contribution in [0.25, 0.3) is 0 Å². The van der Waals surface area contributed by atoms with E-state index in [-0.39, 0.29) is 43.3 Å². The Morgan fingerprint density at radius 2 is 1.60 bits per heavy atom. The van der Waals surface area contributed by atoms with Crippen LogP contribution < -0.4 is 13.8 Å². The van der Waals surface area contributed by atoms with Gasteiger partial charge in [0.25, 0.3) is 10.0 Å². The molecule has 0 heterocycles. The number of carbonyl (C=O) groups excluding carboxylic acids is 2. The molecule has 0 atom stereocenters. The van der Waals surface area contributed by atoms with Crippen molar-refractivity contribution < 1.29 is 32.2 Å². The van der Waals surface area contributed by atoms with Crippen LogP contribution in [0.15, 0.2) is 65.6 Å². The first-order chi connectivity index (χ1) is 16.6. The fourth-order valence-corrected chi connectivity index (χ4v) is 5.28. The van der Waals surface area contributed by atoms with Crippen molar-refractivity contribution in [3.8, 4) is 11.5 Å². The van der Waals surface area contributed by atoms with E-state index in [0.717, 1.165) is 11.4 Å². The number of hydrogen-bond donors (Lipinski definition) is 0. The van der Waals surface area contributed by atoms with Gasteiger partial charge in [-0.2, -0.15) is 0 Å². The molecule has 0 fully saturated rings. The van der Waals surface area contributed by atoms with Crippen LogP contribution >= 0.6 is 23.2 Å². The number of benzene rings is 3. The molecule has 0 N–H and O–H groups in total. The van der Waals surface area contributed by atoms with E-state index in [0.29, 0.717) is 0 Å². The molecule has 0 aromatic heterocycles. The maximum Gasteiger partial charge on any atom is 0.326 e. The predicted octanol–water partition coefficient (Wildman–Crippen LogP) is 4.61. The lowest BCUT2D eigenvalue weighted by molar-refractivity contribution is -0.138. The van der Waals surface area contributed by atoms with Crippen LogP contribution in [0.4, 0.5) is 5.69 Å². The molecule has 8 nitrogen and oxygen atoms in total. The van der Waals surface area contributed by atoms with Gasteiger partial charge in [-0.15, -0.1) is 0 Å². The SMILES string of the molecule is COC(=O)CN(c1ccc(Cl)cc1C(=O)c1ccccc1Cl)S(=O)(=O)c1cc(OC)ccc1OC. The van der Waals surface area contributed by atoms with Crippen molar-refractivity contribution in [1.29, 1.82) is 0 Å². The average molecular weight is 538 g/mol. The molecule has 0 saturated carbocycles. The first kappa shape index (κ1) is 26.3. The minimum Gasteiger partial charge on any atom is -0.497 e. The zero-order valence-electron chi connectivity index (χ0n) is 18.9. The highest BCUT2D eigenvalue weighted by Crippen LogP contribution is 2.36. The fourth-order valence-electron chi connectivity index (χ4n) is 3.28. The second-order valence-corrected chi connectivity index (χ2v) is 9.75. The summed E-state index contributed by atoms with van der Waals surface area (Å²) >= 11 is 12.4. The molecule has 0 aliphatic rings. The van der Waals surface area contributed by atoms with Gasteiger partial charge in [-0.3, -0.25) is 13.9 Å². The first-order valence-electron chi connectivity index (χ1n) is 10.0. The van der Waals surface area contributed by atoms with E-state index in [1.165, 1.54) is 62.8 Å². The molecular formula is C24H21Cl2NO7S. The molecule has 0 radical (unpaired) electrons. The normalized spacial score (nSPS) is 11.0. The lowest BCUT2D eigenvalue weighted by Gasteiger charge is -2.26. The van der Waals surface area contributed by atoms with E-state index in [9.17, 15) is 18.0 Å². The van der Waals surface area contributed by atoms with Crippen LogP contribution in [0.1, 0.15) is 15.9 Å². The van der Waals surface area contributed by atoms with Gasteiger partial charge in [0.15, 0.2) is 5.78 Å². The number of ether oxygens (including phenoxy) is 3. The van der Waals surface area contributed by atoms with Gasteiger partial charge < -0.3 is 14.2 Å². The average Bonchev–Trinajstić information content (AvgIpc) is 2.86. The van der Waals surface area contributed by atoms with Crippen LogP contribution in [-0.2, 0) is 19.6 Å². The molecule has 184 valence electrons. The fraction of sp³-hybridized carbons (Fsp3) is 0.167. The summed E-state index contributed by atoms with van der Waals surface area (Å²) in [5, 5.41) is 0.346. The summed E-state index contributed by atoms with van der Waals surface area (Å²) in [4.78, 5) is 25.5. The van der Waals surface area contributed by atoms with Crippen molar-refractivity contribution >= 4 is 50.7 Å². The van der Waals surface area contributed by atoms with E-state index in [4.69, 9.17) is 37.4 Å². The van der Waals surface area contributed by atoms with E-state index in [1.807, 2.05) is 0 Å². The number of esters is 1. The topological polar surface area (TPSA) is 99.2 Å². The number of hydrogen-bond acceptors (Lipinski definition) is 7. The molecule has 0 saturated heterocycles. The Bertz CT molecular complexity index is 1380. The molecule has 0 bridgehead atoms. The molecule has 3 rings (SSSR count). The van der Waals surface area contributed by atoms with E-state index in [2.05, 4.69) is 0 Å². The van der Waals surface area contributed by atoms with Gasteiger partial charge in [-0.1, -0.05) is 35.3 Å². The molecule has 3 aromatic carbocycles.